The van der Waals surface area contributed by atoms with E-state index in [0.29, 0.717) is 59.2 Å². The Morgan fingerprint density at radius 3 is 1.70 bits per heavy atom. The number of methoxy groups -OCH3 is 1. The normalized spacial score (nSPS) is 9.95. The van der Waals surface area contributed by atoms with E-state index in [1.807, 2.05) is 0 Å². The molecule has 0 radical (unpaired) electrons. The number of aliphatic hydroxyl groups excluding tert-OH is 1. The lowest BCUT2D eigenvalue weighted by atomic mass is 10.4. The second kappa shape index (κ2) is 20.5. The second-order valence-corrected chi connectivity index (χ2v) is 3.56. The molecule has 0 spiro atoms. The maximum absolute atomic E-state index is 9.74. The average Bonchev–Trinajstić information content (AvgIpc) is 2.41. The number of nitrogens with two attached hydrogens (primary N) is 2. The first-order valence-corrected chi connectivity index (χ1v) is 6.50. The summed E-state index contributed by atoms with van der Waals surface area (Å²) < 4.78 is 20.2. The van der Waals surface area contributed by atoms with Gasteiger partial charge in [-0.1, -0.05) is 0 Å². The Kier molecular flexibility index (Phi) is 22.1. The van der Waals surface area contributed by atoms with Gasteiger partial charge >= 0.3 is 0 Å². The van der Waals surface area contributed by atoms with Crippen LogP contribution >= 0.6 is 0 Å². The van der Waals surface area contributed by atoms with Crippen LogP contribution in [0.4, 0.5) is 0 Å². The minimum atomic E-state index is -0.336. The second-order valence-electron chi connectivity index (χ2n) is 3.56. The molecular weight excluding hydrogens is 268 g/mol. The lowest BCUT2D eigenvalue weighted by Gasteiger charge is -2.05. The van der Waals surface area contributed by atoms with Gasteiger partial charge in [-0.25, -0.2) is 0 Å². The fraction of sp³-hybridized carbons (Fsp3) is 0.917. The highest BCUT2D eigenvalue weighted by atomic mass is 16.6. The summed E-state index contributed by atoms with van der Waals surface area (Å²) in [6.07, 6.45) is 0.292. The van der Waals surface area contributed by atoms with Gasteiger partial charge in [-0.15, -0.1) is 0 Å². The van der Waals surface area contributed by atoms with Crippen LogP contribution in [0.3, 0.4) is 0 Å². The molecule has 0 aromatic heterocycles. The Morgan fingerprint density at radius 2 is 1.40 bits per heavy atom. The summed E-state index contributed by atoms with van der Waals surface area (Å²) in [6, 6.07) is 0. The van der Waals surface area contributed by atoms with Gasteiger partial charge in [0, 0.05) is 20.1 Å². The minimum absolute atomic E-state index is 0.0557. The number of ether oxygens (including phenoxy) is 4. The van der Waals surface area contributed by atoms with Crippen LogP contribution in [0.1, 0.15) is 6.42 Å². The predicted molar refractivity (Wildman–Crippen MR) is 74.3 cm³/mol. The van der Waals surface area contributed by atoms with Crippen LogP contribution < -0.4 is 11.5 Å². The fourth-order valence-corrected chi connectivity index (χ4v) is 0.891. The molecule has 0 heterocycles. The molecule has 20 heavy (non-hydrogen) atoms. The molecule has 8 nitrogen and oxygen atoms in total. The van der Waals surface area contributed by atoms with Crippen molar-refractivity contribution in [2.75, 3.05) is 66.5 Å². The SMILES string of the molecule is COCCOCCOCCOCCO.NCCC(N)=O. The van der Waals surface area contributed by atoms with E-state index in [1.54, 1.807) is 7.11 Å². The molecule has 0 aromatic rings. The van der Waals surface area contributed by atoms with E-state index < -0.39 is 0 Å². The summed E-state index contributed by atoms with van der Waals surface area (Å²) in [5.41, 5.74) is 9.61. The standard InChI is InChI=1S/C9H20O5.C3H8N2O/c1-11-4-5-13-8-9-14-7-6-12-3-2-10;4-2-1-3(5)6/h10H,2-9H2,1H3;1-2,4H2,(H2,5,6). The third-order valence-corrected chi connectivity index (χ3v) is 1.80. The Bertz CT molecular complexity index is 183. The molecule has 0 saturated heterocycles. The maximum atomic E-state index is 9.74. The molecule has 0 unspecified atom stereocenters. The van der Waals surface area contributed by atoms with Crippen molar-refractivity contribution in [3.05, 3.63) is 0 Å². The van der Waals surface area contributed by atoms with Crippen molar-refractivity contribution in [1.82, 2.24) is 0 Å². The largest absolute Gasteiger partial charge is 0.394 e. The first kappa shape index (κ1) is 21.5. The molecule has 8 heteroatoms. The van der Waals surface area contributed by atoms with E-state index in [0.717, 1.165) is 0 Å². The molecule has 1 amide bonds. The lowest BCUT2D eigenvalue weighted by molar-refractivity contribution is -0.117. The molecule has 0 aromatic carbocycles. The first-order chi connectivity index (χ1) is 9.68. The number of carbonyl (C=O) groups excluding carboxylic acids is 1. The van der Waals surface area contributed by atoms with Crippen molar-refractivity contribution >= 4 is 5.91 Å². The highest BCUT2D eigenvalue weighted by Crippen LogP contribution is 1.81. The van der Waals surface area contributed by atoms with Gasteiger partial charge in [-0.3, -0.25) is 4.79 Å². The number of aliphatic hydroxyl groups is 1. The number of hydrogen-bond acceptors (Lipinski definition) is 7. The summed E-state index contributed by atoms with van der Waals surface area (Å²) >= 11 is 0. The van der Waals surface area contributed by atoms with Crippen LogP contribution in [-0.2, 0) is 23.7 Å². The van der Waals surface area contributed by atoms with Crippen LogP contribution in [-0.4, -0.2) is 77.5 Å². The number of carbonyl (C=O) groups is 1. The van der Waals surface area contributed by atoms with E-state index in [-0.39, 0.29) is 12.5 Å². The summed E-state index contributed by atoms with van der Waals surface area (Å²) in [5.74, 6) is -0.336. The van der Waals surface area contributed by atoms with Crippen molar-refractivity contribution in [3.8, 4) is 0 Å². The zero-order valence-corrected chi connectivity index (χ0v) is 12.2. The Hall–Kier alpha value is -0.770. The van der Waals surface area contributed by atoms with Crippen molar-refractivity contribution in [2.24, 2.45) is 11.5 Å². The number of hydrogen-bond donors (Lipinski definition) is 3. The van der Waals surface area contributed by atoms with E-state index in [4.69, 9.17) is 29.8 Å². The summed E-state index contributed by atoms with van der Waals surface area (Å²) in [4.78, 5) is 9.74. The third-order valence-electron chi connectivity index (χ3n) is 1.80. The number of amides is 1. The zero-order chi connectivity index (χ0) is 15.5. The van der Waals surface area contributed by atoms with Crippen molar-refractivity contribution in [1.29, 1.82) is 0 Å². The van der Waals surface area contributed by atoms with Gasteiger partial charge < -0.3 is 35.5 Å². The highest BCUT2D eigenvalue weighted by Gasteiger charge is 1.90. The van der Waals surface area contributed by atoms with Crippen molar-refractivity contribution in [2.45, 2.75) is 6.42 Å². The summed E-state index contributed by atoms with van der Waals surface area (Å²) in [6.45, 7) is 4.17. The van der Waals surface area contributed by atoms with Crippen molar-refractivity contribution in [3.63, 3.8) is 0 Å². The number of rotatable bonds is 13. The van der Waals surface area contributed by atoms with Crippen molar-refractivity contribution < 1.29 is 28.8 Å². The van der Waals surface area contributed by atoms with Crippen LogP contribution in [0.2, 0.25) is 0 Å². The molecule has 0 fully saturated rings. The smallest absolute Gasteiger partial charge is 0.218 e. The van der Waals surface area contributed by atoms with E-state index in [9.17, 15) is 4.79 Å². The molecule has 122 valence electrons. The first-order valence-electron chi connectivity index (χ1n) is 6.50. The maximum Gasteiger partial charge on any atom is 0.218 e. The summed E-state index contributed by atoms with van der Waals surface area (Å²) in [5, 5.41) is 8.39. The van der Waals surface area contributed by atoms with Gasteiger partial charge in [0.05, 0.1) is 52.9 Å². The van der Waals surface area contributed by atoms with Crippen LogP contribution in [0, 0.1) is 0 Å². The van der Waals surface area contributed by atoms with Crippen LogP contribution in [0.15, 0.2) is 0 Å². The van der Waals surface area contributed by atoms with Gasteiger partial charge in [0.1, 0.15) is 0 Å². The minimum Gasteiger partial charge on any atom is -0.394 e. The van der Waals surface area contributed by atoms with Gasteiger partial charge in [0.25, 0.3) is 0 Å². The van der Waals surface area contributed by atoms with E-state index in [1.165, 1.54) is 0 Å². The van der Waals surface area contributed by atoms with E-state index >= 15 is 0 Å². The highest BCUT2D eigenvalue weighted by molar-refractivity contribution is 5.73. The molecule has 0 aliphatic rings. The van der Waals surface area contributed by atoms with Crippen LogP contribution in [0.25, 0.3) is 0 Å². The van der Waals surface area contributed by atoms with Gasteiger partial charge in [0.2, 0.25) is 5.91 Å². The monoisotopic (exact) mass is 296 g/mol. The summed E-state index contributed by atoms with van der Waals surface area (Å²) in [7, 11) is 1.64. The molecule has 5 N–H and O–H groups in total. The van der Waals surface area contributed by atoms with Crippen LogP contribution in [0.5, 0.6) is 0 Å². The van der Waals surface area contributed by atoms with Gasteiger partial charge in [-0.2, -0.15) is 0 Å². The van der Waals surface area contributed by atoms with Gasteiger partial charge in [0.15, 0.2) is 0 Å². The predicted octanol–water partition coefficient (Wildman–Crippen LogP) is -1.50. The molecule has 0 bridgehead atoms. The molecule has 0 aliphatic heterocycles. The molecule has 0 saturated carbocycles. The zero-order valence-electron chi connectivity index (χ0n) is 12.2. The fourth-order valence-electron chi connectivity index (χ4n) is 0.891. The van der Waals surface area contributed by atoms with Gasteiger partial charge in [-0.05, 0) is 0 Å². The number of primary amides is 1. The Balaban J connectivity index is 0. The quantitative estimate of drug-likeness (QED) is 0.353. The molecular formula is C12H28N2O6. The third kappa shape index (κ3) is 25.9. The topological polar surface area (TPSA) is 126 Å². The molecule has 0 atom stereocenters. The lowest BCUT2D eigenvalue weighted by Crippen LogP contribution is -2.15. The van der Waals surface area contributed by atoms with E-state index in [2.05, 4.69) is 5.73 Å². The Labute approximate surface area is 120 Å². The Morgan fingerprint density at radius 1 is 0.950 bits per heavy atom. The molecule has 0 aliphatic carbocycles. The average molecular weight is 296 g/mol. The molecule has 0 rings (SSSR count).